The van der Waals surface area contributed by atoms with Crippen LogP contribution in [0.1, 0.15) is 30.3 Å². The van der Waals surface area contributed by atoms with Crippen molar-refractivity contribution in [1.29, 1.82) is 0 Å². The average Bonchev–Trinajstić information content (AvgIpc) is 2.51. The maximum absolute atomic E-state index is 12.3. The summed E-state index contributed by atoms with van der Waals surface area (Å²) in [6.07, 6.45) is 3.54. The lowest BCUT2D eigenvalue weighted by Gasteiger charge is -2.17. The Morgan fingerprint density at radius 3 is 2.52 bits per heavy atom. The highest BCUT2D eigenvalue weighted by atomic mass is 35.5. The third kappa shape index (κ3) is 5.08. The van der Waals surface area contributed by atoms with Gasteiger partial charge in [0.2, 0.25) is 0 Å². The molecule has 1 aromatic heterocycles. The first-order chi connectivity index (χ1) is 11.0. The average molecular weight is 353 g/mol. The van der Waals surface area contributed by atoms with E-state index < -0.39 is 0 Å². The third-order valence-electron chi connectivity index (χ3n) is 3.24. The summed E-state index contributed by atoms with van der Waals surface area (Å²) in [5.41, 5.74) is 0.807. The molecule has 1 aromatic carbocycles. The molecule has 5 nitrogen and oxygen atoms in total. The summed E-state index contributed by atoms with van der Waals surface area (Å²) >= 11 is 11.9. The van der Waals surface area contributed by atoms with E-state index in [2.05, 4.69) is 22.2 Å². The summed E-state index contributed by atoms with van der Waals surface area (Å²) < 4.78 is 0. The molecule has 0 atom stereocenters. The van der Waals surface area contributed by atoms with Crippen molar-refractivity contribution < 1.29 is 4.79 Å². The molecule has 0 saturated heterocycles. The van der Waals surface area contributed by atoms with Gasteiger partial charge in [-0.25, -0.2) is 9.97 Å². The number of carbonyl (C=O) groups excluding carboxylic acids is 1. The van der Waals surface area contributed by atoms with Crippen molar-refractivity contribution in [3.05, 3.63) is 46.3 Å². The van der Waals surface area contributed by atoms with Crippen molar-refractivity contribution in [2.75, 3.05) is 23.8 Å². The summed E-state index contributed by atoms with van der Waals surface area (Å²) in [7, 11) is 1.94. The Bertz CT molecular complexity index is 673. The zero-order valence-electron chi connectivity index (χ0n) is 13.0. The van der Waals surface area contributed by atoms with E-state index in [9.17, 15) is 4.79 Å². The van der Waals surface area contributed by atoms with Crippen molar-refractivity contribution in [3.63, 3.8) is 0 Å². The van der Waals surface area contributed by atoms with Crippen LogP contribution in [-0.2, 0) is 0 Å². The fraction of sp³-hybridized carbons (Fsp3) is 0.312. The number of benzene rings is 1. The van der Waals surface area contributed by atoms with Gasteiger partial charge in [0.15, 0.2) is 0 Å². The second-order valence-corrected chi connectivity index (χ2v) is 6.02. The van der Waals surface area contributed by atoms with E-state index in [1.54, 1.807) is 24.3 Å². The quantitative estimate of drug-likeness (QED) is 0.843. The van der Waals surface area contributed by atoms with Gasteiger partial charge in [0.05, 0.1) is 0 Å². The molecule has 0 bridgehead atoms. The number of unbranched alkanes of at least 4 members (excludes halogenated alkanes) is 1. The fourth-order valence-corrected chi connectivity index (χ4v) is 2.54. The van der Waals surface area contributed by atoms with Gasteiger partial charge >= 0.3 is 0 Å². The third-order valence-corrected chi connectivity index (χ3v) is 3.68. The fourth-order valence-electron chi connectivity index (χ4n) is 2.01. The van der Waals surface area contributed by atoms with Crippen LogP contribution in [0.2, 0.25) is 10.0 Å². The van der Waals surface area contributed by atoms with E-state index >= 15 is 0 Å². The van der Waals surface area contributed by atoms with Gasteiger partial charge in [-0.1, -0.05) is 36.5 Å². The molecule has 1 heterocycles. The molecule has 0 spiro atoms. The molecule has 0 aliphatic rings. The maximum atomic E-state index is 12.3. The molecule has 0 fully saturated rings. The number of halogens is 2. The van der Waals surface area contributed by atoms with Crippen molar-refractivity contribution in [2.45, 2.75) is 19.8 Å². The van der Waals surface area contributed by atoms with Crippen LogP contribution in [0, 0.1) is 0 Å². The smallest absolute Gasteiger partial charge is 0.274 e. The van der Waals surface area contributed by atoms with Gasteiger partial charge in [0, 0.05) is 35.4 Å². The zero-order valence-corrected chi connectivity index (χ0v) is 14.5. The topological polar surface area (TPSA) is 58.1 Å². The van der Waals surface area contributed by atoms with Crippen LogP contribution in [0.4, 0.5) is 11.5 Å². The minimum atomic E-state index is -0.337. The van der Waals surface area contributed by atoms with Gasteiger partial charge in [-0.3, -0.25) is 4.79 Å². The predicted molar refractivity (Wildman–Crippen MR) is 94.6 cm³/mol. The van der Waals surface area contributed by atoms with E-state index in [4.69, 9.17) is 23.2 Å². The highest BCUT2D eigenvalue weighted by molar-refractivity contribution is 6.35. The van der Waals surface area contributed by atoms with Gasteiger partial charge in [-0.05, 0) is 24.6 Å². The molecular formula is C16H18Cl2N4O. The first kappa shape index (κ1) is 17.5. The molecular weight excluding hydrogens is 335 g/mol. The van der Waals surface area contributed by atoms with E-state index in [1.807, 2.05) is 11.9 Å². The lowest BCUT2D eigenvalue weighted by Crippen LogP contribution is -2.21. The van der Waals surface area contributed by atoms with Crippen LogP contribution < -0.4 is 10.2 Å². The van der Waals surface area contributed by atoms with Gasteiger partial charge in [0.1, 0.15) is 17.8 Å². The highest BCUT2D eigenvalue weighted by Crippen LogP contribution is 2.23. The summed E-state index contributed by atoms with van der Waals surface area (Å²) in [6, 6.07) is 6.52. The minimum Gasteiger partial charge on any atom is -0.360 e. The number of hydrogen-bond donors (Lipinski definition) is 1. The Morgan fingerprint density at radius 1 is 1.17 bits per heavy atom. The van der Waals surface area contributed by atoms with Gasteiger partial charge < -0.3 is 10.2 Å². The molecule has 1 amide bonds. The first-order valence-corrected chi connectivity index (χ1v) is 8.06. The number of rotatable bonds is 6. The van der Waals surface area contributed by atoms with Crippen LogP contribution in [-0.4, -0.2) is 29.5 Å². The summed E-state index contributed by atoms with van der Waals surface area (Å²) in [5, 5.41) is 3.64. The standard InChI is InChI=1S/C16H18Cl2N4O/c1-3-4-5-22(2)15-9-14(19-10-20-15)16(23)21-13-7-11(17)6-12(18)8-13/h6-10H,3-5H2,1-2H3,(H,21,23). The summed E-state index contributed by atoms with van der Waals surface area (Å²) in [4.78, 5) is 22.5. The summed E-state index contributed by atoms with van der Waals surface area (Å²) in [6.45, 7) is 3.00. The van der Waals surface area contributed by atoms with Gasteiger partial charge in [-0.2, -0.15) is 0 Å². The Hall–Kier alpha value is -1.85. The molecule has 0 aliphatic carbocycles. The number of anilines is 2. The number of carbonyl (C=O) groups is 1. The molecule has 0 unspecified atom stereocenters. The van der Waals surface area contributed by atoms with E-state index in [0.717, 1.165) is 19.4 Å². The predicted octanol–water partition coefficient (Wildman–Crippen LogP) is 4.27. The molecule has 0 aliphatic heterocycles. The Labute approximate surface area is 145 Å². The van der Waals surface area contributed by atoms with Crippen LogP contribution in [0.25, 0.3) is 0 Å². The number of nitrogens with one attached hydrogen (secondary N) is 1. The second kappa shape index (κ2) is 8.13. The Morgan fingerprint density at radius 2 is 1.87 bits per heavy atom. The van der Waals surface area contributed by atoms with Crippen LogP contribution in [0.3, 0.4) is 0 Å². The normalized spacial score (nSPS) is 10.4. The van der Waals surface area contributed by atoms with Crippen molar-refractivity contribution in [1.82, 2.24) is 9.97 Å². The first-order valence-electron chi connectivity index (χ1n) is 7.30. The number of hydrogen-bond acceptors (Lipinski definition) is 4. The molecule has 7 heteroatoms. The monoisotopic (exact) mass is 352 g/mol. The number of nitrogens with zero attached hydrogens (tertiary/aromatic N) is 3. The molecule has 0 radical (unpaired) electrons. The van der Waals surface area contributed by atoms with Crippen LogP contribution in [0.5, 0.6) is 0 Å². The van der Waals surface area contributed by atoms with Crippen molar-refractivity contribution in [2.24, 2.45) is 0 Å². The molecule has 2 rings (SSSR count). The van der Waals surface area contributed by atoms with E-state index in [0.29, 0.717) is 21.6 Å². The highest BCUT2D eigenvalue weighted by Gasteiger charge is 2.12. The Balaban J connectivity index is 2.13. The molecule has 1 N–H and O–H groups in total. The van der Waals surface area contributed by atoms with Crippen LogP contribution >= 0.6 is 23.2 Å². The van der Waals surface area contributed by atoms with E-state index in [-0.39, 0.29) is 11.6 Å². The zero-order chi connectivity index (χ0) is 16.8. The van der Waals surface area contributed by atoms with Crippen molar-refractivity contribution in [3.8, 4) is 0 Å². The SMILES string of the molecule is CCCCN(C)c1cc(C(=O)Nc2cc(Cl)cc(Cl)c2)ncn1. The molecule has 2 aromatic rings. The second-order valence-electron chi connectivity index (χ2n) is 5.15. The molecule has 122 valence electrons. The largest absolute Gasteiger partial charge is 0.360 e. The minimum absolute atomic E-state index is 0.287. The Kier molecular flexibility index (Phi) is 6.19. The molecule has 23 heavy (non-hydrogen) atoms. The maximum Gasteiger partial charge on any atom is 0.274 e. The number of amides is 1. The number of aromatic nitrogens is 2. The lowest BCUT2D eigenvalue weighted by molar-refractivity contribution is 0.102. The van der Waals surface area contributed by atoms with Crippen LogP contribution in [0.15, 0.2) is 30.6 Å². The van der Waals surface area contributed by atoms with Gasteiger partial charge in [-0.15, -0.1) is 0 Å². The summed E-state index contributed by atoms with van der Waals surface area (Å²) in [5.74, 6) is 0.374. The van der Waals surface area contributed by atoms with E-state index in [1.165, 1.54) is 6.33 Å². The van der Waals surface area contributed by atoms with Gasteiger partial charge in [0.25, 0.3) is 5.91 Å². The molecule has 0 saturated carbocycles. The lowest BCUT2D eigenvalue weighted by atomic mass is 10.3. The van der Waals surface area contributed by atoms with Crippen molar-refractivity contribution >= 4 is 40.6 Å².